The first-order valence-electron chi connectivity index (χ1n) is 9.39. The molecule has 2 heterocycles. The van der Waals surface area contributed by atoms with Crippen LogP contribution in [0.1, 0.15) is 25.3 Å². The maximum absolute atomic E-state index is 12.3. The molecule has 28 heavy (non-hydrogen) atoms. The van der Waals surface area contributed by atoms with Crippen LogP contribution in [0.3, 0.4) is 0 Å². The van der Waals surface area contributed by atoms with Crippen LogP contribution in [0.15, 0.2) is 47.2 Å². The van der Waals surface area contributed by atoms with Gasteiger partial charge < -0.3 is 25.1 Å². The molecule has 0 aliphatic carbocycles. The monoisotopic (exact) mass is 401 g/mol. The average molecular weight is 402 g/mol. The van der Waals surface area contributed by atoms with Gasteiger partial charge in [0.1, 0.15) is 18.1 Å². The fourth-order valence-electron chi connectivity index (χ4n) is 3.09. The van der Waals surface area contributed by atoms with Crippen LogP contribution in [-0.2, 0) is 14.3 Å². The maximum Gasteiger partial charge on any atom is 0.336 e. The summed E-state index contributed by atoms with van der Waals surface area (Å²) in [6.45, 7) is 8.06. The highest BCUT2D eigenvalue weighted by molar-refractivity contribution is 7.80. The molecule has 0 bridgehead atoms. The van der Waals surface area contributed by atoms with Crippen molar-refractivity contribution < 1.29 is 19.2 Å². The Morgan fingerprint density at radius 1 is 1.36 bits per heavy atom. The minimum absolute atomic E-state index is 0.281. The Morgan fingerprint density at radius 3 is 2.50 bits per heavy atom. The second-order valence-electron chi connectivity index (χ2n) is 6.65. The summed E-state index contributed by atoms with van der Waals surface area (Å²) in [6.07, 6.45) is 0. The third-order valence-electron chi connectivity index (χ3n) is 4.62. The molecule has 0 spiro atoms. The van der Waals surface area contributed by atoms with Gasteiger partial charge in [-0.1, -0.05) is 42.5 Å². The van der Waals surface area contributed by atoms with Gasteiger partial charge in [-0.05, 0) is 19.4 Å². The van der Waals surface area contributed by atoms with E-state index in [-0.39, 0.29) is 6.61 Å². The number of thiocarbonyl (C=S) groups is 1. The van der Waals surface area contributed by atoms with E-state index in [4.69, 9.17) is 21.7 Å². The molecule has 1 fully saturated rings. The molecule has 2 N–H and O–H groups in total. The Labute approximate surface area is 171 Å². The molecule has 2 aliphatic rings. The summed E-state index contributed by atoms with van der Waals surface area (Å²) in [5, 5.41) is 12.3. The summed E-state index contributed by atoms with van der Waals surface area (Å²) in [4.78, 5) is 14.2. The van der Waals surface area contributed by atoms with Gasteiger partial charge >= 0.3 is 5.97 Å². The Morgan fingerprint density at radius 2 is 2.00 bits per heavy atom. The summed E-state index contributed by atoms with van der Waals surface area (Å²) in [5.41, 5.74) is 2.28. The number of allylic oxidation sites excluding steroid dienone is 1. The van der Waals surface area contributed by atoms with Gasteiger partial charge in [0.05, 0.1) is 38.4 Å². The molecule has 1 aromatic rings. The van der Waals surface area contributed by atoms with E-state index in [9.17, 15) is 10.2 Å². The lowest BCUT2D eigenvalue weighted by molar-refractivity contribution is -0.888. The minimum Gasteiger partial charge on any atom is -0.763 e. The molecule has 6 nitrogen and oxygen atoms in total. The molecule has 0 amide bonds. The van der Waals surface area contributed by atoms with E-state index in [2.05, 4.69) is 18.2 Å². The van der Waals surface area contributed by atoms with Gasteiger partial charge in [0.2, 0.25) is 0 Å². The lowest BCUT2D eigenvalue weighted by atomic mass is 9.81. The first-order chi connectivity index (χ1) is 13.5. The van der Waals surface area contributed by atoms with Gasteiger partial charge in [-0.2, -0.15) is 0 Å². The van der Waals surface area contributed by atoms with Gasteiger partial charge in [-0.25, -0.2) is 4.79 Å². The Kier molecular flexibility index (Phi) is 8.54. The van der Waals surface area contributed by atoms with Crippen LogP contribution in [-0.4, -0.2) is 56.8 Å². The summed E-state index contributed by atoms with van der Waals surface area (Å²) < 4.78 is 10.2. The third-order valence-corrected chi connectivity index (χ3v) is 4.94. The molecule has 1 unspecified atom stereocenters. The largest absolute Gasteiger partial charge is 0.763 e. The molecular weight excluding hydrogens is 374 g/mol. The lowest BCUT2D eigenvalue weighted by Gasteiger charge is -2.30. The second kappa shape index (κ2) is 10.9. The Bertz CT molecular complexity index is 779. The van der Waals surface area contributed by atoms with Crippen molar-refractivity contribution in [1.29, 1.82) is 0 Å². The highest BCUT2D eigenvalue weighted by atomic mass is 32.1. The van der Waals surface area contributed by atoms with Gasteiger partial charge in [-0.15, -0.1) is 0 Å². The van der Waals surface area contributed by atoms with Crippen molar-refractivity contribution in [2.75, 3.05) is 40.0 Å². The molecule has 1 saturated heterocycles. The van der Waals surface area contributed by atoms with Crippen LogP contribution in [0.4, 0.5) is 0 Å². The maximum atomic E-state index is 12.3. The highest BCUT2D eigenvalue weighted by Crippen LogP contribution is 2.36. The zero-order valence-corrected chi connectivity index (χ0v) is 17.4. The van der Waals surface area contributed by atoms with E-state index in [1.54, 1.807) is 18.7 Å². The van der Waals surface area contributed by atoms with Gasteiger partial charge in [0.25, 0.3) is 0 Å². The Hall–Kier alpha value is -2.31. The van der Waals surface area contributed by atoms with Crippen molar-refractivity contribution in [3.8, 4) is 0 Å². The van der Waals surface area contributed by atoms with Crippen molar-refractivity contribution in [3.63, 3.8) is 0 Å². The van der Waals surface area contributed by atoms with Crippen molar-refractivity contribution in [1.82, 2.24) is 5.32 Å². The van der Waals surface area contributed by atoms with Crippen molar-refractivity contribution in [2.24, 2.45) is 0 Å². The van der Waals surface area contributed by atoms with E-state index in [1.807, 2.05) is 30.3 Å². The number of morpholine rings is 1. The summed E-state index contributed by atoms with van der Waals surface area (Å²) in [5.74, 6) is 1.21. The fraction of sp³-hybridized carbons (Fsp3) is 0.429. The zero-order chi connectivity index (χ0) is 20.5. The van der Waals surface area contributed by atoms with Gasteiger partial charge in [0.15, 0.2) is 0 Å². The number of esters is 1. The number of nitrogens with one attached hydrogen (secondary N) is 2. The van der Waals surface area contributed by atoms with E-state index in [1.165, 1.54) is 13.1 Å². The highest BCUT2D eigenvalue weighted by Gasteiger charge is 2.34. The van der Waals surface area contributed by atoms with Crippen molar-refractivity contribution >= 4 is 29.0 Å². The number of rotatable bonds is 3. The predicted molar refractivity (Wildman–Crippen MR) is 114 cm³/mol. The number of ether oxygens (including phenoxy) is 2. The lowest BCUT2D eigenvalue weighted by Crippen LogP contribution is -3.11. The summed E-state index contributed by atoms with van der Waals surface area (Å²) in [6, 6.07) is 9.38. The van der Waals surface area contributed by atoms with Gasteiger partial charge in [-0.3, -0.25) is 5.87 Å². The topological polar surface area (TPSA) is 74.3 Å². The molecule has 1 aromatic carbocycles. The van der Waals surface area contributed by atoms with E-state index < -0.39 is 11.9 Å². The number of benzene rings is 1. The Balaban J connectivity index is 0.000000336. The molecule has 150 valence electrons. The van der Waals surface area contributed by atoms with Crippen LogP contribution in [0.5, 0.6) is 0 Å². The molecule has 2 aliphatic heterocycles. The van der Waals surface area contributed by atoms with Crippen LogP contribution < -0.4 is 10.2 Å². The standard InChI is InChI=1S/C16H15N2O2S.C5H11NO/c1-3-20-16(19)13-10(2)18-15(21)12(9-17)14(13)11-7-5-4-6-8-11;1-6-2-4-7-5-3-6/h4-8,14H,3H2,1-2H3,(H,18,21);2-5H2,1H3/q-1;/p+1. The molecule has 3 rings (SSSR count). The average Bonchev–Trinajstić information content (AvgIpc) is 2.69. The second-order valence-corrected chi connectivity index (χ2v) is 7.06. The first-order valence-corrected chi connectivity index (χ1v) is 9.80. The third kappa shape index (κ3) is 5.59. The number of carbonyl (C=O) groups excluding carboxylic acids is 1. The zero-order valence-electron chi connectivity index (χ0n) is 16.6. The SMILES string of the molecule is CCOC(=O)C1=C(C)NC(=S)C(=C=[N-])C1c1ccccc1.C[NH+]1CCOCC1. The molecule has 0 radical (unpaired) electrons. The molecule has 7 heteroatoms. The normalized spacial score (nSPS) is 19.9. The van der Waals surface area contributed by atoms with Crippen LogP contribution in [0.2, 0.25) is 0 Å². The molecular formula is C21H27N3O3S. The first kappa shape index (κ1) is 22.0. The molecule has 1 atom stereocenters. The predicted octanol–water partition coefficient (Wildman–Crippen LogP) is 1.23. The number of carbonyl (C=O) groups is 1. The smallest absolute Gasteiger partial charge is 0.336 e. The van der Waals surface area contributed by atoms with Crippen LogP contribution >= 0.6 is 12.2 Å². The number of hydrogen-bond acceptors (Lipinski definition) is 4. The van der Waals surface area contributed by atoms with Crippen LogP contribution in [0, 0.1) is 0 Å². The quantitative estimate of drug-likeness (QED) is 0.345. The number of quaternary nitrogens is 1. The van der Waals surface area contributed by atoms with E-state index in [0.717, 1.165) is 18.8 Å². The summed E-state index contributed by atoms with van der Waals surface area (Å²) >= 11 is 5.23. The summed E-state index contributed by atoms with van der Waals surface area (Å²) in [7, 11) is 2.20. The van der Waals surface area contributed by atoms with E-state index >= 15 is 0 Å². The number of likely N-dealkylation sites (N-methyl/N-ethyl adjacent to an activating group) is 1. The van der Waals surface area contributed by atoms with Crippen LogP contribution in [0.25, 0.3) is 5.41 Å². The number of nitrogens with zero attached hydrogens (tertiary/aromatic N) is 1. The van der Waals surface area contributed by atoms with Crippen molar-refractivity contribution in [2.45, 2.75) is 19.8 Å². The van der Waals surface area contributed by atoms with Gasteiger partial charge in [0, 0.05) is 11.3 Å². The molecule has 0 aromatic heterocycles. The van der Waals surface area contributed by atoms with E-state index in [0.29, 0.717) is 21.8 Å². The fourth-order valence-corrected chi connectivity index (χ4v) is 3.41. The minimum atomic E-state index is -0.482. The van der Waals surface area contributed by atoms with Crippen molar-refractivity contribution in [3.05, 3.63) is 58.1 Å². The molecule has 0 saturated carbocycles. The number of hydrogen-bond donors (Lipinski definition) is 2.